The van der Waals surface area contributed by atoms with E-state index in [0.717, 1.165) is 16.8 Å². The summed E-state index contributed by atoms with van der Waals surface area (Å²) in [7, 11) is 0. The first-order valence-corrected chi connectivity index (χ1v) is 7.74. The van der Waals surface area contributed by atoms with Gasteiger partial charge in [-0.2, -0.15) is 0 Å². The highest BCUT2D eigenvalue weighted by Crippen LogP contribution is 2.57. The Kier molecular flexibility index (Phi) is 2.85. The van der Waals surface area contributed by atoms with Gasteiger partial charge in [0.25, 0.3) is 0 Å². The number of aryl methyl sites for hydroxylation is 2. The van der Waals surface area contributed by atoms with Crippen LogP contribution in [0, 0.1) is 37.5 Å². The van der Waals surface area contributed by atoms with Crippen molar-refractivity contribution in [2.75, 3.05) is 5.32 Å². The molecule has 2 N–H and O–H groups in total. The molecular formula is C17H19NO4. The fourth-order valence-corrected chi connectivity index (χ4v) is 4.46. The van der Waals surface area contributed by atoms with Gasteiger partial charge in [0, 0.05) is 17.5 Å². The summed E-state index contributed by atoms with van der Waals surface area (Å²) in [4.78, 5) is 24.7. The molecule has 5 heteroatoms. The molecule has 1 heterocycles. The van der Waals surface area contributed by atoms with Gasteiger partial charge in [-0.15, -0.1) is 0 Å². The zero-order valence-corrected chi connectivity index (χ0v) is 12.6. The van der Waals surface area contributed by atoms with E-state index < -0.39 is 18.1 Å². The smallest absolute Gasteiger partial charge is 0.310 e. The van der Waals surface area contributed by atoms with Crippen molar-refractivity contribution in [1.29, 1.82) is 0 Å². The number of hydrogen-bond acceptors (Lipinski definition) is 4. The number of nitrogens with one attached hydrogen (secondary N) is 1. The maximum Gasteiger partial charge on any atom is 0.310 e. The number of hydrogen-bond donors (Lipinski definition) is 2. The molecule has 1 amide bonds. The predicted molar refractivity (Wildman–Crippen MR) is 79.0 cm³/mol. The molecule has 6 atom stereocenters. The molecule has 2 saturated carbocycles. The Bertz CT molecular complexity index is 671. The predicted octanol–water partition coefficient (Wildman–Crippen LogP) is 1.41. The molecule has 3 fully saturated rings. The fraction of sp³-hybridized carbons (Fsp3) is 0.529. The number of rotatable bonds is 2. The van der Waals surface area contributed by atoms with Crippen LogP contribution in [0.2, 0.25) is 0 Å². The zero-order valence-electron chi connectivity index (χ0n) is 12.6. The van der Waals surface area contributed by atoms with Crippen molar-refractivity contribution in [2.45, 2.75) is 32.5 Å². The third kappa shape index (κ3) is 1.75. The summed E-state index contributed by atoms with van der Waals surface area (Å²) in [6.07, 6.45) is -0.401. The van der Waals surface area contributed by atoms with E-state index in [9.17, 15) is 14.7 Å². The Hall–Kier alpha value is -1.88. The highest BCUT2D eigenvalue weighted by Gasteiger charge is 2.68. The Morgan fingerprint density at radius 2 is 2.09 bits per heavy atom. The molecule has 2 aliphatic carbocycles. The summed E-state index contributed by atoms with van der Waals surface area (Å²) < 4.78 is 5.26. The number of amides is 1. The second-order valence-corrected chi connectivity index (χ2v) is 6.81. The SMILES string of the molecule is Cc1ccc(C)c(NC(=O)[C@H]2[C@@H]3C[C@H]4[C@H](OC(=O)[C@H]42)[C@H]3O)c1. The zero-order chi connectivity index (χ0) is 15.6. The summed E-state index contributed by atoms with van der Waals surface area (Å²) >= 11 is 0. The largest absolute Gasteiger partial charge is 0.459 e. The van der Waals surface area contributed by atoms with Gasteiger partial charge in [-0.1, -0.05) is 12.1 Å². The minimum atomic E-state index is -0.706. The van der Waals surface area contributed by atoms with Gasteiger partial charge in [0.15, 0.2) is 0 Å². The van der Waals surface area contributed by atoms with Crippen molar-refractivity contribution < 1.29 is 19.4 Å². The number of anilines is 1. The van der Waals surface area contributed by atoms with Gasteiger partial charge in [-0.25, -0.2) is 0 Å². The number of ether oxygens (including phenoxy) is 1. The van der Waals surface area contributed by atoms with Gasteiger partial charge in [-0.3, -0.25) is 9.59 Å². The van der Waals surface area contributed by atoms with E-state index in [2.05, 4.69) is 5.32 Å². The molecule has 0 aromatic heterocycles. The normalized spacial score (nSPS) is 38.2. The first-order chi connectivity index (χ1) is 10.5. The molecule has 1 saturated heterocycles. The number of esters is 1. The van der Waals surface area contributed by atoms with Crippen LogP contribution < -0.4 is 5.32 Å². The molecule has 1 aromatic carbocycles. The van der Waals surface area contributed by atoms with Crippen molar-refractivity contribution in [3.05, 3.63) is 29.3 Å². The number of carbonyl (C=O) groups excluding carboxylic acids is 2. The van der Waals surface area contributed by atoms with Gasteiger partial charge < -0.3 is 15.2 Å². The quantitative estimate of drug-likeness (QED) is 0.810. The minimum Gasteiger partial charge on any atom is -0.459 e. The van der Waals surface area contributed by atoms with Crippen LogP contribution in [0.5, 0.6) is 0 Å². The van der Waals surface area contributed by atoms with E-state index in [0.29, 0.717) is 6.42 Å². The first-order valence-electron chi connectivity index (χ1n) is 7.74. The average Bonchev–Trinajstić information content (AvgIpc) is 3.07. The van der Waals surface area contributed by atoms with Gasteiger partial charge >= 0.3 is 5.97 Å². The molecule has 2 bridgehead atoms. The third-order valence-electron chi connectivity index (χ3n) is 5.53. The Balaban J connectivity index is 1.61. The molecule has 5 nitrogen and oxygen atoms in total. The van der Waals surface area contributed by atoms with Crippen molar-refractivity contribution in [1.82, 2.24) is 0 Å². The lowest BCUT2D eigenvalue weighted by Crippen LogP contribution is -2.42. The first kappa shape index (κ1) is 13.8. The van der Waals surface area contributed by atoms with Gasteiger partial charge in [-0.05, 0) is 37.5 Å². The number of aliphatic hydroxyl groups excluding tert-OH is 1. The lowest BCUT2D eigenvalue weighted by Gasteiger charge is -2.27. The maximum atomic E-state index is 12.7. The van der Waals surface area contributed by atoms with Crippen LogP contribution in [0.25, 0.3) is 0 Å². The van der Waals surface area contributed by atoms with E-state index in [1.54, 1.807) is 0 Å². The van der Waals surface area contributed by atoms with E-state index in [-0.39, 0.29) is 29.6 Å². The lowest BCUT2D eigenvalue weighted by molar-refractivity contribution is -0.146. The molecule has 1 aliphatic heterocycles. The highest BCUT2D eigenvalue weighted by molar-refractivity contribution is 5.97. The van der Waals surface area contributed by atoms with E-state index in [1.165, 1.54) is 0 Å². The summed E-state index contributed by atoms with van der Waals surface area (Å²) in [5.41, 5.74) is 2.81. The van der Waals surface area contributed by atoms with Crippen LogP contribution in [0.3, 0.4) is 0 Å². The van der Waals surface area contributed by atoms with E-state index in [1.807, 2.05) is 32.0 Å². The molecule has 22 heavy (non-hydrogen) atoms. The monoisotopic (exact) mass is 301 g/mol. The third-order valence-corrected chi connectivity index (χ3v) is 5.53. The number of aliphatic hydroxyl groups is 1. The Labute approximate surface area is 128 Å². The minimum absolute atomic E-state index is 0.00172. The molecule has 0 unspecified atom stereocenters. The van der Waals surface area contributed by atoms with Crippen LogP contribution in [0.1, 0.15) is 17.5 Å². The Morgan fingerprint density at radius 3 is 2.86 bits per heavy atom. The molecule has 116 valence electrons. The summed E-state index contributed by atoms with van der Waals surface area (Å²) in [5.74, 6) is -1.54. The number of benzene rings is 1. The molecule has 3 aliphatic rings. The molecular weight excluding hydrogens is 282 g/mol. The van der Waals surface area contributed by atoms with E-state index >= 15 is 0 Å². The lowest BCUT2D eigenvalue weighted by atomic mass is 9.78. The van der Waals surface area contributed by atoms with Crippen molar-refractivity contribution >= 4 is 17.6 Å². The van der Waals surface area contributed by atoms with Crippen LogP contribution in [-0.2, 0) is 14.3 Å². The van der Waals surface area contributed by atoms with Crippen LogP contribution in [-0.4, -0.2) is 29.2 Å². The van der Waals surface area contributed by atoms with Crippen LogP contribution in [0.15, 0.2) is 18.2 Å². The standard InChI is InChI=1S/C17H19NO4/c1-7-3-4-8(2)11(5-7)18-16(20)12-9-6-10-13(12)17(21)22-15(10)14(9)19/h3-5,9-10,12-15,19H,6H2,1-2H3,(H,18,20)/t9-,10+,12-,13+,14-,15-/m0/s1. The summed E-state index contributed by atoms with van der Waals surface area (Å²) in [5, 5.41) is 13.2. The molecule has 1 aromatic rings. The van der Waals surface area contributed by atoms with Crippen LogP contribution in [0.4, 0.5) is 5.69 Å². The maximum absolute atomic E-state index is 12.7. The summed E-state index contributed by atoms with van der Waals surface area (Å²) in [6, 6.07) is 5.87. The topological polar surface area (TPSA) is 75.6 Å². The van der Waals surface area contributed by atoms with Gasteiger partial charge in [0.1, 0.15) is 6.10 Å². The van der Waals surface area contributed by atoms with Crippen LogP contribution >= 0.6 is 0 Å². The van der Waals surface area contributed by atoms with Gasteiger partial charge in [0.05, 0.1) is 17.9 Å². The molecule has 0 radical (unpaired) electrons. The molecule has 4 rings (SSSR count). The molecule has 0 spiro atoms. The fourth-order valence-electron chi connectivity index (χ4n) is 4.46. The van der Waals surface area contributed by atoms with Gasteiger partial charge in [0.2, 0.25) is 5.91 Å². The van der Waals surface area contributed by atoms with Crippen molar-refractivity contribution in [3.63, 3.8) is 0 Å². The van der Waals surface area contributed by atoms with Crippen molar-refractivity contribution in [3.8, 4) is 0 Å². The number of carbonyl (C=O) groups is 2. The second-order valence-electron chi connectivity index (χ2n) is 6.81. The van der Waals surface area contributed by atoms with E-state index in [4.69, 9.17) is 4.74 Å². The number of fused-ring (bicyclic) bond motifs is 1. The summed E-state index contributed by atoms with van der Waals surface area (Å²) in [6.45, 7) is 3.90. The highest BCUT2D eigenvalue weighted by atomic mass is 16.6. The Morgan fingerprint density at radius 1 is 1.32 bits per heavy atom. The average molecular weight is 301 g/mol. The second kappa shape index (κ2) is 4.56. The van der Waals surface area contributed by atoms with Crippen molar-refractivity contribution in [2.24, 2.45) is 23.7 Å².